The Labute approximate surface area is 188 Å². The summed E-state index contributed by atoms with van der Waals surface area (Å²) in [6.07, 6.45) is 0.783. The maximum Gasteiger partial charge on any atom is 0.259 e. The lowest BCUT2D eigenvalue weighted by molar-refractivity contribution is 0.0989. The molecule has 2 atom stereocenters. The molecule has 0 unspecified atom stereocenters. The molecule has 0 aliphatic carbocycles. The number of fused-ring (bicyclic) bond motifs is 1. The van der Waals surface area contributed by atoms with Gasteiger partial charge in [0.05, 0.1) is 28.4 Å². The van der Waals surface area contributed by atoms with E-state index in [9.17, 15) is 4.79 Å². The van der Waals surface area contributed by atoms with Crippen molar-refractivity contribution in [1.29, 1.82) is 0 Å². The van der Waals surface area contributed by atoms with Gasteiger partial charge in [-0.05, 0) is 57.1 Å². The molecule has 0 radical (unpaired) electrons. The highest BCUT2D eigenvalue weighted by Gasteiger charge is 2.32. The molecule has 2 aromatic carbocycles. The normalized spacial score (nSPS) is 21.7. The fraction of sp³-hybridized carbons (Fsp3) is 0.435. The molecule has 2 aliphatic heterocycles. The van der Waals surface area contributed by atoms with Gasteiger partial charge in [0.2, 0.25) is 0 Å². The number of likely N-dealkylation sites (N-methyl/N-ethyl adjacent to an activating group) is 1. The van der Waals surface area contributed by atoms with Crippen LogP contribution in [-0.2, 0) is 6.42 Å². The van der Waals surface area contributed by atoms with Gasteiger partial charge in [-0.1, -0.05) is 29.3 Å². The maximum absolute atomic E-state index is 13.3. The first-order valence-corrected chi connectivity index (χ1v) is 11.0. The highest BCUT2D eigenvalue weighted by atomic mass is 35.5. The van der Waals surface area contributed by atoms with E-state index < -0.39 is 0 Å². The second-order valence-electron chi connectivity index (χ2n) is 8.23. The first-order chi connectivity index (χ1) is 14.3. The minimum atomic E-state index is -0.127. The average Bonchev–Trinajstić information content (AvgIpc) is 3.15. The maximum atomic E-state index is 13.3. The summed E-state index contributed by atoms with van der Waals surface area (Å²) in [5, 5.41) is 0.686. The molecule has 1 amide bonds. The molecule has 1 fully saturated rings. The van der Waals surface area contributed by atoms with E-state index in [0.717, 1.165) is 42.2 Å². The third-order valence-electron chi connectivity index (χ3n) is 6.40. The Bertz CT molecular complexity index is 969. The zero-order valence-corrected chi connectivity index (χ0v) is 19.3. The molecule has 7 heteroatoms. The second kappa shape index (κ2) is 8.29. The highest BCUT2D eigenvalue weighted by molar-refractivity contribution is 6.44. The van der Waals surface area contributed by atoms with Gasteiger partial charge < -0.3 is 14.5 Å². The van der Waals surface area contributed by atoms with Gasteiger partial charge >= 0.3 is 0 Å². The lowest BCUT2D eigenvalue weighted by atomic mass is 10.1. The van der Waals surface area contributed by atoms with Gasteiger partial charge in [-0.25, -0.2) is 0 Å². The number of benzene rings is 2. The van der Waals surface area contributed by atoms with Gasteiger partial charge in [-0.15, -0.1) is 0 Å². The van der Waals surface area contributed by atoms with Crippen molar-refractivity contribution in [2.45, 2.75) is 32.4 Å². The molecule has 1 saturated heterocycles. The smallest absolute Gasteiger partial charge is 0.259 e. The summed E-state index contributed by atoms with van der Waals surface area (Å²) in [6, 6.07) is 10.2. The van der Waals surface area contributed by atoms with Crippen LogP contribution in [0.15, 0.2) is 30.3 Å². The van der Waals surface area contributed by atoms with Crippen LogP contribution in [0.5, 0.6) is 5.75 Å². The lowest BCUT2D eigenvalue weighted by Crippen LogP contribution is -2.55. The van der Waals surface area contributed by atoms with Crippen LogP contribution >= 0.6 is 23.2 Å². The number of hydrogen-bond donors (Lipinski definition) is 0. The van der Waals surface area contributed by atoms with Crippen LogP contribution in [0.2, 0.25) is 10.0 Å². The van der Waals surface area contributed by atoms with Crippen molar-refractivity contribution in [1.82, 2.24) is 4.90 Å². The number of hydrogen-bond acceptors (Lipinski definition) is 4. The number of carbonyl (C=O) groups excluding carboxylic acids is 1. The molecule has 2 aliphatic rings. The summed E-state index contributed by atoms with van der Waals surface area (Å²) < 4.78 is 5.74. The Hall–Kier alpha value is -1.95. The van der Waals surface area contributed by atoms with Crippen LogP contribution in [0.1, 0.15) is 29.8 Å². The first-order valence-electron chi connectivity index (χ1n) is 10.3. The number of rotatable bonds is 3. The van der Waals surface area contributed by atoms with Gasteiger partial charge in [0.1, 0.15) is 5.75 Å². The number of amides is 1. The number of nitrogens with zero attached hydrogens (tertiary/aromatic N) is 3. The standard InChI is InChI=1S/C23H27Cl2N3O2/c1-14-12-27(13-15(2)26(14)3)20-11-19-16(10-21(20)30-4)8-9-28(19)23(29)17-6-5-7-18(24)22(17)25/h5-7,10-11,14-15H,8-9,12-13H2,1-4H3/t14-,15+. The molecule has 2 aromatic rings. The fourth-order valence-electron chi connectivity index (χ4n) is 4.44. The van der Waals surface area contributed by atoms with E-state index in [-0.39, 0.29) is 5.91 Å². The third kappa shape index (κ3) is 3.64. The van der Waals surface area contributed by atoms with Crippen molar-refractivity contribution in [2.24, 2.45) is 0 Å². The van der Waals surface area contributed by atoms with E-state index in [1.165, 1.54) is 0 Å². The van der Waals surface area contributed by atoms with Crippen LogP contribution < -0.4 is 14.5 Å². The number of ether oxygens (including phenoxy) is 1. The van der Waals surface area contributed by atoms with Gasteiger partial charge in [0, 0.05) is 37.4 Å². The zero-order valence-electron chi connectivity index (χ0n) is 17.8. The molecule has 0 spiro atoms. The Kier molecular flexibility index (Phi) is 5.88. The van der Waals surface area contributed by atoms with E-state index in [4.69, 9.17) is 27.9 Å². The van der Waals surface area contributed by atoms with E-state index in [1.807, 2.05) is 0 Å². The van der Waals surface area contributed by atoms with Gasteiger partial charge in [-0.2, -0.15) is 0 Å². The largest absolute Gasteiger partial charge is 0.495 e. The second-order valence-corrected chi connectivity index (χ2v) is 9.01. The SMILES string of the molecule is COc1cc2c(cc1N1C[C@@H](C)N(C)[C@@H](C)C1)N(C(=O)c1cccc(Cl)c1Cl)CC2. The minimum Gasteiger partial charge on any atom is -0.495 e. The fourth-order valence-corrected chi connectivity index (χ4v) is 4.82. The van der Waals surface area contributed by atoms with Crippen LogP contribution in [0.4, 0.5) is 11.4 Å². The number of methoxy groups -OCH3 is 1. The van der Waals surface area contributed by atoms with Gasteiger partial charge in [0.15, 0.2) is 0 Å². The van der Waals surface area contributed by atoms with Crippen molar-refractivity contribution in [3.8, 4) is 5.75 Å². The van der Waals surface area contributed by atoms with Crippen LogP contribution in [0.25, 0.3) is 0 Å². The summed E-state index contributed by atoms with van der Waals surface area (Å²) in [5.74, 6) is 0.727. The van der Waals surface area contributed by atoms with E-state index in [1.54, 1.807) is 30.2 Å². The summed E-state index contributed by atoms with van der Waals surface area (Å²) in [4.78, 5) is 19.9. The minimum absolute atomic E-state index is 0.127. The molecular weight excluding hydrogens is 421 g/mol. The molecule has 0 N–H and O–H groups in total. The molecule has 30 heavy (non-hydrogen) atoms. The van der Waals surface area contributed by atoms with E-state index in [2.05, 4.69) is 42.8 Å². The molecular formula is C23H27Cl2N3O2. The Morgan fingerprint density at radius 1 is 1.10 bits per heavy atom. The zero-order chi connectivity index (χ0) is 21.6. The molecule has 4 rings (SSSR count). The van der Waals surface area contributed by atoms with E-state index in [0.29, 0.717) is 34.2 Å². The number of piperazine rings is 1. The summed E-state index contributed by atoms with van der Waals surface area (Å²) >= 11 is 12.5. The molecule has 0 bridgehead atoms. The van der Waals surface area contributed by atoms with Crippen molar-refractivity contribution >= 4 is 40.5 Å². The average molecular weight is 448 g/mol. The molecule has 0 aromatic heterocycles. The topological polar surface area (TPSA) is 36.0 Å². The monoisotopic (exact) mass is 447 g/mol. The lowest BCUT2D eigenvalue weighted by Gasteiger charge is -2.44. The van der Waals surface area contributed by atoms with Crippen LogP contribution in [-0.4, -0.2) is 56.7 Å². The van der Waals surface area contributed by atoms with Gasteiger partial charge in [-0.3, -0.25) is 9.69 Å². The summed E-state index contributed by atoms with van der Waals surface area (Å²) in [5.41, 5.74) is 3.49. The van der Waals surface area contributed by atoms with Crippen LogP contribution in [0.3, 0.4) is 0 Å². The van der Waals surface area contributed by atoms with Gasteiger partial charge in [0.25, 0.3) is 5.91 Å². The quantitative estimate of drug-likeness (QED) is 0.680. The van der Waals surface area contributed by atoms with E-state index >= 15 is 0 Å². The Balaban J connectivity index is 1.71. The predicted octanol–water partition coefficient (Wildman–Crippen LogP) is 4.73. The van der Waals surface area contributed by atoms with Crippen molar-refractivity contribution < 1.29 is 9.53 Å². The Morgan fingerprint density at radius 2 is 1.80 bits per heavy atom. The molecule has 0 saturated carbocycles. The third-order valence-corrected chi connectivity index (χ3v) is 7.22. The van der Waals surface area contributed by atoms with Crippen LogP contribution in [0, 0.1) is 0 Å². The summed E-state index contributed by atoms with van der Waals surface area (Å²) in [7, 11) is 3.87. The first kappa shape index (κ1) is 21.3. The van der Waals surface area contributed by atoms with Crippen molar-refractivity contribution in [3.63, 3.8) is 0 Å². The number of halogens is 2. The number of carbonyl (C=O) groups is 1. The highest BCUT2D eigenvalue weighted by Crippen LogP contribution is 2.41. The number of anilines is 2. The Morgan fingerprint density at radius 3 is 2.47 bits per heavy atom. The molecule has 5 nitrogen and oxygen atoms in total. The predicted molar refractivity (Wildman–Crippen MR) is 124 cm³/mol. The van der Waals surface area contributed by atoms with Crippen molar-refractivity contribution in [3.05, 3.63) is 51.5 Å². The summed E-state index contributed by atoms with van der Waals surface area (Å²) in [6.45, 7) is 6.90. The molecule has 160 valence electrons. The van der Waals surface area contributed by atoms with Crippen molar-refractivity contribution in [2.75, 3.05) is 43.6 Å². The molecule has 2 heterocycles.